The van der Waals surface area contributed by atoms with Gasteiger partial charge in [0, 0.05) is 47.8 Å². The molecule has 1 fully saturated rings. The van der Waals surface area contributed by atoms with Crippen LogP contribution in [0.5, 0.6) is 0 Å². The van der Waals surface area contributed by atoms with Crippen LogP contribution in [0.2, 0.25) is 0 Å². The number of hydrogen-bond donors (Lipinski definition) is 2. The van der Waals surface area contributed by atoms with Crippen molar-refractivity contribution in [3.8, 4) is 0 Å². The number of halogens is 1. The number of amides is 1. The minimum absolute atomic E-state index is 0.120. The SMILES string of the molecule is Cc1c(F)ccc2cc([C@H](C)Nc3ccnc4ccnn34)c(N3CCC(C(N)=O)CC3)nc12. The standard InChI is InChI=1S/C24H26FN7O/c1-14-19(25)4-3-17-13-18(15(2)29-21-5-9-27-20-6-10-28-32(20)21)24(30-22(14)17)31-11-7-16(8-12-31)23(26)33/h3-6,9-10,13,15-16,29H,7-8,11-12H2,1-2H3,(H2,26,33)/t15-/m0/s1. The molecule has 1 amide bonds. The van der Waals surface area contributed by atoms with E-state index in [0.29, 0.717) is 37.0 Å². The fourth-order valence-electron chi connectivity index (χ4n) is 4.56. The topological polar surface area (TPSA) is 101 Å². The number of nitrogens with two attached hydrogens (primary N) is 1. The van der Waals surface area contributed by atoms with E-state index in [9.17, 15) is 9.18 Å². The molecule has 0 radical (unpaired) electrons. The van der Waals surface area contributed by atoms with E-state index in [2.05, 4.69) is 33.3 Å². The molecule has 4 heterocycles. The molecule has 9 heteroatoms. The maximum Gasteiger partial charge on any atom is 0.220 e. The first-order chi connectivity index (χ1) is 15.9. The van der Waals surface area contributed by atoms with Crippen molar-refractivity contribution < 1.29 is 9.18 Å². The first-order valence-electron chi connectivity index (χ1n) is 11.1. The van der Waals surface area contributed by atoms with Crippen molar-refractivity contribution >= 4 is 34.1 Å². The third-order valence-electron chi connectivity index (χ3n) is 6.50. The van der Waals surface area contributed by atoms with Gasteiger partial charge in [-0.2, -0.15) is 9.61 Å². The van der Waals surface area contributed by atoms with Crippen molar-refractivity contribution in [3.63, 3.8) is 0 Å². The monoisotopic (exact) mass is 447 g/mol. The summed E-state index contributed by atoms with van der Waals surface area (Å²) in [6.07, 6.45) is 4.81. The highest BCUT2D eigenvalue weighted by Gasteiger charge is 2.27. The Morgan fingerprint density at radius 3 is 2.76 bits per heavy atom. The molecule has 33 heavy (non-hydrogen) atoms. The number of rotatable bonds is 5. The molecule has 1 saturated heterocycles. The van der Waals surface area contributed by atoms with Gasteiger partial charge in [0.25, 0.3) is 0 Å². The van der Waals surface area contributed by atoms with Gasteiger partial charge in [-0.15, -0.1) is 0 Å². The zero-order valence-corrected chi connectivity index (χ0v) is 18.6. The number of anilines is 2. The molecule has 1 atom stereocenters. The summed E-state index contributed by atoms with van der Waals surface area (Å²) in [6.45, 7) is 5.15. The average molecular weight is 448 g/mol. The minimum atomic E-state index is -0.273. The predicted octanol–water partition coefficient (Wildman–Crippen LogP) is 3.60. The lowest BCUT2D eigenvalue weighted by molar-refractivity contribution is -0.122. The third kappa shape index (κ3) is 3.83. The van der Waals surface area contributed by atoms with E-state index in [4.69, 9.17) is 10.7 Å². The van der Waals surface area contributed by atoms with Gasteiger partial charge in [0.05, 0.1) is 17.8 Å². The van der Waals surface area contributed by atoms with Crippen LogP contribution in [0.15, 0.2) is 42.7 Å². The molecule has 0 bridgehead atoms. The lowest BCUT2D eigenvalue weighted by Crippen LogP contribution is -2.39. The van der Waals surface area contributed by atoms with Gasteiger partial charge >= 0.3 is 0 Å². The summed E-state index contributed by atoms with van der Waals surface area (Å²) >= 11 is 0. The Hall–Kier alpha value is -3.75. The maximum absolute atomic E-state index is 14.3. The molecule has 1 aliphatic rings. The molecule has 3 aromatic heterocycles. The van der Waals surface area contributed by atoms with Crippen molar-refractivity contribution in [1.29, 1.82) is 0 Å². The molecule has 5 rings (SSSR count). The molecule has 4 aromatic rings. The lowest BCUT2D eigenvalue weighted by Gasteiger charge is -2.34. The highest BCUT2D eigenvalue weighted by atomic mass is 19.1. The highest BCUT2D eigenvalue weighted by Crippen LogP contribution is 2.34. The average Bonchev–Trinajstić information content (AvgIpc) is 3.31. The van der Waals surface area contributed by atoms with Gasteiger partial charge in [-0.25, -0.2) is 14.4 Å². The molecule has 8 nitrogen and oxygen atoms in total. The van der Waals surface area contributed by atoms with Crippen LogP contribution in [0.3, 0.4) is 0 Å². The van der Waals surface area contributed by atoms with Crippen LogP contribution < -0.4 is 16.0 Å². The van der Waals surface area contributed by atoms with Crippen molar-refractivity contribution in [2.45, 2.75) is 32.7 Å². The molecular weight excluding hydrogens is 421 g/mol. The van der Waals surface area contributed by atoms with Gasteiger partial charge in [0.15, 0.2) is 5.65 Å². The second-order valence-corrected chi connectivity index (χ2v) is 8.61. The number of fused-ring (bicyclic) bond motifs is 2. The van der Waals surface area contributed by atoms with E-state index in [-0.39, 0.29) is 23.7 Å². The van der Waals surface area contributed by atoms with Crippen molar-refractivity contribution in [1.82, 2.24) is 19.6 Å². The van der Waals surface area contributed by atoms with Gasteiger partial charge in [-0.05, 0) is 51.0 Å². The number of aromatic nitrogens is 4. The smallest absolute Gasteiger partial charge is 0.220 e. The number of aryl methyl sites for hydroxylation is 1. The zero-order valence-electron chi connectivity index (χ0n) is 18.6. The van der Waals surface area contributed by atoms with Crippen molar-refractivity contribution in [3.05, 3.63) is 59.7 Å². The largest absolute Gasteiger partial charge is 0.369 e. The van der Waals surface area contributed by atoms with Crippen LogP contribution in [-0.2, 0) is 4.79 Å². The molecule has 1 aliphatic heterocycles. The van der Waals surface area contributed by atoms with Gasteiger partial charge in [-0.3, -0.25) is 4.79 Å². The van der Waals surface area contributed by atoms with E-state index in [1.54, 1.807) is 29.9 Å². The number of pyridine rings is 1. The van der Waals surface area contributed by atoms with Crippen molar-refractivity contribution in [2.75, 3.05) is 23.3 Å². The number of nitrogens with one attached hydrogen (secondary N) is 1. The van der Waals surface area contributed by atoms with Crippen LogP contribution >= 0.6 is 0 Å². The van der Waals surface area contributed by atoms with E-state index >= 15 is 0 Å². The van der Waals surface area contributed by atoms with Gasteiger partial charge < -0.3 is 16.0 Å². The summed E-state index contributed by atoms with van der Waals surface area (Å²) in [4.78, 5) is 23.1. The van der Waals surface area contributed by atoms with Gasteiger partial charge in [0.1, 0.15) is 17.5 Å². The van der Waals surface area contributed by atoms with Crippen LogP contribution in [0.25, 0.3) is 16.6 Å². The number of benzene rings is 1. The number of nitrogens with zero attached hydrogens (tertiary/aromatic N) is 5. The Labute approximate surface area is 190 Å². The fourth-order valence-corrected chi connectivity index (χ4v) is 4.56. The van der Waals surface area contributed by atoms with E-state index in [0.717, 1.165) is 28.2 Å². The van der Waals surface area contributed by atoms with Crippen LogP contribution in [-0.4, -0.2) is 38.6 Å². The van der Waals surface area contributed by atoms with Crippen LogP contribution in [0.1, 0.15) is 36.9 Å². The quantitative estimate of drug-likeness (QED) is 0.485. The molecule has 0 spiro atoms. The summed E-state index contributed by atoms with van der Waals surface area (Å²) < 4.78 is 16.0. The lowest BCUT2D eigenvalue weighted by atomic mass is 9.95. The Morgan fingerprint density at radius 2 is 2.00 bits per heavy atom. The molecule has 170 valence electrons. The van der Waals surface area contributed by atoms with Crippen LogP contribution in [0, 0.1) is 18.7 Å². The van der Waals surface area contributed by atoms with Gasteiger partial charge in [-0.1, -0.05) is 0 Å². The van der Waals surface area contributed by atoms with E-state index in [1.165, 1.54) is 6.07 Å². The number of carbonyl (C=O) groups excluding carboxylic acids is 1. The number of hydrogen-bond acceptors (Lipinski definition) is 6. The first kappa shape index (κ1) is 21.1. The molecule has 3 N–H and O–H groups in total. The summed E-state index contributed by atoms with van der Waals surface area (Å²) in [5, 5.41) is 8.77. The summed E-state index contributed by atoms with van der Waals surface area (Å²) in [6, 6.07) is 8.92. The number of primary amides is 1. The summed E-state index contributed by atoms with van der Waals surface area (Å²) in [5.74, 6) is 0.960. The fraction of sp³-hybridized carbons (Fsp3) is 0.333. The Balaban J connectivity index is 1.56. The highest BCUT2D eigenvalue weighted by molar-refractivity contribution is 5.85. The molecule has 0 aliphatic carbocycles. The normalized spacial score (nSPS) is 15.8. The maximum atomic E-state index is 14.3. The van der Waals surface area contributed by atoms with Gasteiger partial charge in [0.2, 0.25) is 5.91 Å². The molecule has 1 aromatic carbocycles. The first-order valence-corrected chi connectivity index (χ1v) is 11.1. The predicted molar refractivity (Wildman–Crippen MR) is 126 cm³/mol. The molecular formula is C24H26FN7O. The van der Waals surface area contributed by atoms with E-state index < -0.39 is 0 Å². The van der Waals surface area contributed by atoms with Crippen molar-refractivity contribution in [2.24, 2.45) is 11.7 Å². The number of carbonyl (C=O) groups is 1. The zero-order chi connectivity index (χ0) is 23.1. The second-order valence-electron chi connectivity index (χ2n) is 8.61. The molecule has 0 unspecified atom stereocenters. The second kappa shape index (κ2) is 8.31. The third-order valence-corrected chi connectivity index (χ3v) is 6.50. The van der Waals surface area contributed by atoms with E-state index in [1.807, 2.05) is 12.1 Å². The summed E-state index contributed by atoms with van der Waals surface area (Å²) in [5.41, 5.74) is 8.44. The number of piperidine rings is 1. The Kier molecular flexibility index (Phi) is 5.32. The van der Waals surface area contributed by atoms with Crippen LogP contribution in [0.4, 0.5) is 16.0 Å². The summed E-state index contributed by atoms with van der Waals surface area (Å²) in [7, 11) is 0. The Morgan fingerprint density at radius 1 is 1.21 bits per heavy atom. The minimum Gasteiger partial charge on any atom is -0.369 e. The molecule has 0 saturated carbocycles. The Bertz CT molecular complexity index is 1340.